The van der Waals surface area contributed by atoms with Crippen molar-refractivity contribution in [2.24, 2.45) is 0 Å². The van der Waals surface area contributed by atoms with Gasteiger partial charge in [-0.25, -0.2) is 0 Å². The van der Waals surface area contributed by atoms with Crippen LogP contribution in [0.4, 0.5) is 0 Å². The van der Waals surface area contributed by atoms with Gasteiger partial charge in [0.15, 0.2) is 6.10 Å². The van der Waals surface area contributed by atoms with Crippen molar-refractivity contribution in [3.05, 3.63) is 122 Å². The molecule has 0 radical (unpaired) electrons. The van der Waals surface area contributed by atoms with Gasteiger partial charge in [-0.3, -0.25) is 14.2 Å². The van der Waals surface area contributed by atoms with E-state index in [2.05, 4.69) is 135 Å². The van der Waals surface area contributed by atoms with Gasteiger partial charge in [-0.1, -0.05) is 399 Å². The number of ether oxygens (including phenoxy) is 2. The van der Waals surface area contributed by atoms with Gasteiger partial charge in [0.25, 0.3) is 7.82 Å². The van der Waals surface area contributed by atoms with E-state index in [1.54, 1.807) is 0 Å². The van der Waals surface area contributed by atoms with Gasteiger partial charge in [0.1, 0.15) is 19.8 Å². The van der Waals surface area contributed by atoms with Crippen molar-refractivity contribution in [3.8, 4) is 0 Å². The number of allylic oxidation sites excluding steroid dienone is 20. The Labute approximate surface area is 632 Å². The molecule has 0 saturated carbocycles. The quantitative estimate of drug-likeness (QED) is 0.0195. The van der Waals surface area contributed by atoms with Crippen molar-refractivity contribution < 1.29 is 42.1 Å². The van der Waals surface area contributed by atoms with Crippen molar-refractivity contribution in [1.82, 2.24) is 0 Å². The molecule has 0 aromatic heterocycles. The molecule has 2 unspecified atom stereocenters. The van der Waals surface area contributed by atoms with Crippen LogP contribution in [0.1, 0.15) is 399 Å². The molecule has 590 valence electrons. The van der Waals surface area contributed by atoms with E-state index in [0.29, 0.717) is 17.4 Å². The van der Waals surface area contributed by atoms with Crippen LogP contribution >= 0.6 is 7.82 Å². The Hall–Kier alpha value is -3.59. The van der Waals surface area contributed by atoms with Gasteiger partial charge in [-0.2, -0.15) is 0 Å². The highest BCUT2D eigenvalue weighted by molar-refractivity contribution is 7.45. The third-order valence-electron chi connectivity index (χ3n) is 19.0. The second kappa shape index (κ2) is 81.5. The number of rotatable bonds is 80. The molecule has 0 aromatic rings. The third kappa shape index (κ3) is 85.3. The van der Waals surface area contributed by atoms with E-state index in [1.807, 2.05) is 21.1 Å². The zero-order valence-corrected chi connectivity index (χ0v) is 68.4. The monoisotopic (exact) mass is 1440 g/mol. The van der Waals surface area contributed by atoms with Gasteiger partial charge >= 0.3 is 11.9 Å². The highest BCUT2D eigenvalue weighted by atomic mass is 31.2. The number of hydrogen-bond donors (Lipinski definition) is 0. The molecule has 102 heavy (non-hydrogen) atoms. The van der Waals surface area contributed by atoms with Crippen LogP contribution in [0.5, 0.6) is 0 Å². The molecular weight excluding hydrogens is 1280 g/mol. The Morgan fingerprint density at radius 3 is 0.843 bits per heavy atom. The fraction of sp³-hybridized carbons (Fsp3) is 0.761. The number of likely N-dealkylation sites (N-methyl/N-ethyl adjacent to an activating group) is 1. The number of phosphoric ester groups is 1. The summed E-state index contributed by atoms with van der Waals surface area (Å²) < 4.78 is 34.5. The average Bonchev–Trinajstić information content (AvgIpc) is 0.914. The van der Waals surface area contributed by atoms with E-state index >= 15 is 0 Å². The average molecular weight is 1440 g/mol. The molecule has 0 saturated heterocycles. The summed E-state index contributed by atoms with van der Waals surface area (Å²) in [6.07, 6.45) is 118. The van der Waals surface area contributed by atoms with Crippen LogP contribution in [0.2, 0.25) is 0 Å². The predicted octanol–water partition coefficient (Wildman–Crippen LogP) is 28.7. The van der Waals surface area contributed by atoms with E-state index in [9.17, 15) is 19.0 Å². The standard InChI is InChI=1S/C92H164NO8P/c1-6-8-10-12-14-16-18-20-22-24-26-28-30-32-34-36-38-40-42-44-46-48-50-52-54-56-58-60-62-64-66-68-70-72-74-76-78-80-82-84-91(94)98-88-90(89-100-102(96,97)99-87-86-93(3,4)5)101-92(95)85-83-81-79-77-75-73-71-69-67-65-63-61-59-57-55-53-51-49-47-45-43-41-39-37-35-33-31-29-27-25-23-21-19-17-15-13-11-9-7-2/h9,11,15,17,21,23-24,26-27,29,33,35,39,41,45,47,51,53,57,59,90H,6-8,10,12-14,16,18-20,22,25,28,30-32,34,36-38,40,42-44,46,48-50,52,54-56,58,60-89H2,1-5H3/b11-9-,17-15-,23-21-,26-24-,29-27-,35-33-,41-39-,47-45-,53-51-,59-57-. The van der Waals surface area contributed by atoms with Crippen molar-refractivity contribution in [2.45, 2.75) is 405 Å². The van der Waals surface area contributed by atoms with Gasteiger partial charge in [0, 0.05) is 12.8 Å². The molecule has 9 nitrogen and oxygen atoms in total. The number of esters is 2. The molecule has 0 aliphatic heterocycles. The molecule has 10 heteroatoms. The van der Waals surface area contributed by atoms with Crippen LogP contribution in [-0.2, 0) is 32.7 Å². The molecule has 0 amide bonds. The molecule has 0 aliphatic carbocycles. The maximum atomic E-state index is 12.9. The van der Waals surface area contributed by atoms with Crippen molar-refractivity contribution in [1.29, 1.82) is 0 Å². The largest absolute Gasteiger partial charge is 0.756 e. The topological polar surface area (TPSA) is 111 Å². The Kier molecular flexibility index (Phi) is 78.6. The fourth-order valence-corrected chi connectivity index (χ4v) is 13.1. The second-order valence-electron chi connectivity index (χ2n) is 30.2. The number of hydrogen-bond acceptors (Lipinski definition) is 8. The molecule has 0 aliphatic rings. The SMILES string of the molecule is CC/C=C\C/C=C\C/C=C\C/C=C\C/C=C\C/C=C\C/C=C\C/C=C\C/C=C\CCCCCCCCCCCCCC(=O)OC(COC(=O)CCCCCCCCCCCCCCCCCCCCCCCCCCCCC/C=C\CCCCCCCCCC)COP(=O)([O-])OCC[N+](C)(C)C. The van der Waals surface area contributed by atoms with Crippen LogP contribution in [0.15, 0.2) is 122 Å². The van der Waals surface area contributed by atoms with Crippen LogP contribution in [0.25, 0.3) is 0 Å². The number of carbonyl (C=O) groups is 2. The minimum atomic E-state index is -4.65. The summed E-state index contributed by atoms with van der Waals surface area (Å²) in [6.45, 7) is 4.17. The first-order valence-corrected chi connectivity index (χ1v) is 44.7. The fourth-order valence-electron chi connectivity index (χ4n) is 12.4. The summed E-state index contributed by atoms with van der Waals surface area (Å²) in [6, 6.07) is 0. The number of unbranched alkanes of at least 4 members (excludes halogenated alkanes) is 46. The minimum Gasteiger partial charge on any atom is -0.756 e. The van der Waals surface area contributed by atoms with E-state index in [1.165, 1.54) is 263 Å². The zero-order valence-electron chi connectivity index (χ0n) is 67.5. The van der Waals surface area contributed by atoms with E-state index in [0.717, 1.165) is 103 Å². The maximum Gasteiger partial charge on any atom is 0.306 e. The van der Waals surface area contributed by atoms with Crippen LogP contribution in [0, 0.1) is 0 Å². The first kappa shape index (κ1) is 98.4. The number of quaternary nitrogens is 1. The van der Waals surface area contributed by atoms with E-state index in [4.69, 9.17) is 18.5 Å². The lowest BCUT2D eigenvalue weighted by atomic mass is 10.0. The smallest absolute Gasteiger partial charge is 0.306 e. The Bertz CT molecular complexity index is 2140. The summed E-state index contributed by atoms with van der Waals surface area (Å²) in [5, 5.41) is 0. The van der Waals surface area contributed by atoms with Gasteiger partial charge in [-0.15, -0.1) is 0 Å². The summed E-state index contributed by atoms with van der Waals surface area (Å²) in [5.41, 5.74) is 0. The van der Waals surface area contributed by atoms with E-state index < -0.39 is 26.5 Å². The highest BCUT2D eigenvalue weighted by Crippen LogP contribution is 2.38. The van der Waals surface area contributed by atoms with Gasteiger partial charge < -0.3 is 27.9 Å². The lowest BCUT2D eigenvalue weighted by Crippen LogP contribution is -2.37. The Morgan fingerprint density at radius 2 is 0.559 bits per heavy atom. The molecule has 2 atom stereocenters. The van der Waals surface area contributed by atoms with E-state index in [-0.39, 0.29) is 32.0 Å². The summed E-state index contributed by atoms with van der Waals surface area (Å²) in [7, 11) is 1.17. The van der Waals surface area contributed by atoms with Gasteiger partial charge in [0.2, 0.25) is 0 Å². The Morgan fingerprint density at radius 1 is 0.314 bits per heavy atom. The van der Waals surface area contributed by atoms with Gasteiger partial charge in [0.05, 0.1) is 27.7 Å². The lowest BCUT2D eigenvalue weighted by molar-refractivity contribution is -0.870. The van der Waals surface area contributed by atoms with Crippen LogP contribution in [-0.4, -0.2) is 70.0 Å². The minimum absolute atomic E-state index is 0.0341. The molecule has 0 N–H and O–H groups in total. The predicted molar refractivity (Wildman–Crippen MR) is 443 cm³/mol. The maximum absolute atomic E-state index is 12.9. The van der Waals surface area contributed by atoms with Crippen LogP contribution < -0.4 is 4.89 Å². The van der Waals surface area contributed by atoms with Crippen molar-refractivity contribution >= 4 is 19.8 Å². The van der Waals surface area contributed by atoms with Crippen molar-refractivity contribution in [2.75, 3.05) is 47.5 Å². The van der Waals surface area contributed by atoms with Crippen LogP contribution in [0.3, 0.4) is 0 Å². The molecule has 0 aromatic carbocycles. The molecule has 0 bridgehead atoms. The third-order valence-corrected chi connectivity index (χ3v) is 19.9. The lowest BCUT2D eigenvalue weighted by Gasteiger charge is -2.28. The molecule has 0 heterocycles. The second-order valence-corrected chi connectivity index (χ2v) is 31.6. The zero-order chi connectivity index (χ0) is 74.0. The highest BCUT2D eigenvalue weighted by Gasteiger charge is 2.22. The van der Waals surface area contributed by atoms with Crippen molar-refractivity contribution in [3.63, 3.8) is 0 Å². The summed E-state index contributed by atoms with van der Waals surface area (Å²) in [4.78, 5) is 38.2. The number of carbonyl (C=O) groups excluding carboxylic acids is 2. The summed E-state index contributed by atoms with van der Waals surface area (Å²) >= 11 is 0. The first-order chi connectivity index (χ1) is 50.0. The first-order valence-electron chi connectivity index (χ1n) is 43.2. The molecule has 0 fully saturated rings. The number of phosphoric acid groups is 1. The number of nitrogens with zero attached hydrogens (tertiary/aromatic N) is 1. The normalized spacial score (nSPS) is 13.6. The molecule has 0 spiro atoms. The summed E-state index contributed by atoms with van der Waals surface area (Å²) in [5.74, 6) is -0.825. The molecular formula is C92H164NO8P. The molecule has 0 rings (SSSR count). The Balaban J connectivity index is 3.94. The van der Waals surface area contributed by atoms with Gasteiger partial charge in [-0.05, 0) is 109 Å².